The predicted molar refractivity (Wildman–Crippen MR) is 52.5 cm³/mol. The van der Waals surface area contributed by atoms with Gasteiger partial charge >= 0.3 is 11.9 Å². The van der Waals surface area contributed by atoms with Crippen molar-refractivity contribution < 1.29 is 24.6 Å². The minimum Gasteiger partial charge on any atom is -0.478 e. The summed E-state index contributed by atoms with van der Waals surface area (Å²) >= 11 is 0. The van der Waals surface area contributed by atoms with E-state index in [0.717, 1.165) is 12.3 Å². The first-order chi connectivity index (χ1) is 7.41. The fourth-order valence-electron chi connectivity index (χ4n) is 1.07. The lowest BCUT2D eigenvalue weighted by Gasteiger charge is -2.04. The lowest BCUT2D eigenvalue weighted by molar-refractivity contribution is -0.114. The second kappa shape index (κ2) is 4.39. The minimum absolute atomic E-state index is 0.134. The molecule has 0 atom stereocenters. The molecular formula is C9H8N2O5. The molecule has 1 heterocycles. The summed E-state index contributed by atoms with van der Waals surface area (Å²) in [7, 11) is 0. The summed E-state index contributed by atoms with van der Waals surface area (Å²) in [5.74, 6) is -3.26. The highest BCUT2D eigenvalue weighted by Gasteiger charge is 2.18. The Hall–Kier alpha value is -2.44. The molecule has 16 heavy (non-hydrogen) atoms. The number of aromatic carboxylic acids is 2. The summed E-state index contributed by atoms with van der Waals surface area (Å²) in [6.45, 7) is 1.24. The number of nitrogens with one attached hydrogen (secondary N) is 1. The van der Waals surface area contributed by atoms with Crippen molar-refractivity contribution in [2.75, 3.05) is 5.32 Å². The summed E-state index contributed by atoms with van der Waals surface area (Å²) in [4.78, 5) is 35.6. The van der Waals surface area contributed by atoms with Crippen molar-refractivity contribution in [3.05, 3.63) is 23.5 Å². The van der Waals surface area contributed by atoms with Crippen LogP contribution in [0.4, 0.5) is 5.69 Å². The minimum atomic E-state index is -1.44. The molecule has 0 aliphatic carbocycles. The third-order valence-electron chi connectivity index (χ3n) is 1.64. The van der Waals surface area contributed by atoms with Crippen LogP contribution in [-0.2, 0) is 4.79 Å². The summed E-state index contributed by atoms with van der Waals surface area (Å²) < 4.78 is 0. The molecule has 0 saturated heterocycles. The summed E-state index contributed by atoms with van der Waals surface area (Å²) in [6.07, 6.45) is 1.08. The fourth-order valence-corrected chi connectivity index (χ4v) is 1.07. The van der Waals surface area contributed by atoms with E-state index in [4.69, 9.17) is 10.2 Å². The number of hydrogen-bond donors (Lipinski definition) is 3. The van der Waals surface area contributed by atoms with Crippen LogP contribution in [0.1, 0.15) is 27.8 Å². The lowest BCUT2D eigenvalue weighted by Crippen LogP contribution is -2.13. The van der Waals surface area contributed by atoms with Crippen molar-refractivity contribution >= 4 is 23.5 Å². The number of carboxylic acid groups (broad SMARTS) is 2. The first-order valence-corrected chi connectivity index (χ1v) is 4.16. The van der Waals surface area contributed by atoms with Gasteiger partial charge in [0.1, 0.15) is 0 Å². The van der Waals surface area contributed by atoms with Gasteiger partial charge < -0.3 is 15.5 Å². The van der Waals surface area contributed by atoms with Crippen molar-refractivity contribution in [3.8, 4) is 0 Å². The van der Waals surface area contributed by atoms with Crippen molar-refractivity contribution in [1.82, 2.24) is 4.98 Å². The first-order valence-electron chi connectivity index (χ1n) is 4.16. The Morgan fingerprint density at radius 3 is 2.31 bits per heavy atom. The number of aromatic nitrogens is 1. The van der Waals surface area contributed by atoms with Crippen LogP contribution in [0.25, 0.3) is 0 Å². The number of pyridine rings is 1. The third-order valence-corrected chi connectivity index (χ3v) is 1.64. The van der Waals surface area contributed by atoms with Crippen molar-refractivity contribution in [1.29, 1.82) is 0 Å². The second-order valence-corrected chi connectivity index (χ2v) is 2.91. The van der Waals surface area contributed by atoms with E-state index < -0.39 is 29.1 Å². The first kappa shape index (κ1) is 11.6. The van der Waals surface area contributed by atoms with Crippen LogP contribution in [0.5, 0.6) is 0 Å². The molecule has 0 unspecified atom stereocenters. The largest absolute Gasteiger partial charge is 0.478 e. The van der Waals surface area contributed by atoms with E-state index in [1.165, 1.54) is 6.92 Å². The second-order valence-electron chi connectivity index (χ2n) is 2.91. The molecule has 0 spiro atoms. The number of rotatable bonds is 3. The highest BCUT2D eigenvalue weighted by molar-refractivity contribution is 6.01. The van der Waals surface area contributed by atoms with E-state index in [-0.39, 0.29) is 5.69 Å². The standard InChI is InChI=1S/C9H8N2O5/c1-4(12)11-5-2-6(8(13)14)7(9(15)16)10-3-5/h2-3H,1H3,(H,11,12)(H,13,14)(H,15,16). The topological polar surface area (TPSA) is 117 Å². The zero-order valence-electron chi connectivity index (χ0n) is 8.22. The summed E-state index contributed by atoms with van der Waals surface area (Å²) in [5.41, 5.74) is -0.907. The molecule has 0 aromatic carbocycles. The van der Waals surface area contributed by atoms with E-state index in [2.05, 4.69) is 10.3 Å². The number of carbonyl (C=O) groups is 3. The number of carbonyl (C=O) groups excluding carboxylic acids is 1. The number of nitrogens with zero attached hydrogens (tertiary/aromatic N) is 1. The molecule has 84 valence electrons. The molecule has 1 amide bonds. The van der Waals surface area contributed by atoms with Gasteiger partial charge in [0.05, 0.1) is 17.4 Å². The molecule has 0 fully saturated rings. The average Bonchev–Trinajstić information content (AvgIpc) is 2.16. The third kappa shape index (κ3) is 2.53. The van der Waals surface area contributed by atoms with Crippen LogP contribution >= 0.6 is 0 Å². The van der Waals surface area contributed by atoms with Gasteiger partial charge in [0, 0.05) is 6.92 Å². The number of amides is 1. The lowest BCUT2D eigenvalue weighted by atomic mass is 10.2. The molecule has 1 rings (SSSR count). The average molecular weight is 224 g/mol. The van der Waals surface area contributed by atoms with Crippen LogP contribution in [0.2, 0.25) is 0 Å². The van der Waals surface area contributed by atoms with Crippen molar-refractivity contribution in [2.45, 2.75) is 6.92 Å². The maximum Gasteiger partial charge on any atom is 0.355 e. The molecule has 0 bridgehead atoms. The molecule has 7 heteroatoms. The van der Waals surface area contributed by atoms with Gasteiger partial charge in [-0.05, 0) is 6.07 Å². The van der Waals surface area contributed by atoms with Gasteiger partial charge in [-0.1, -0.05) is 0 Å². The summed E-state index contributed by atoms with van der Waals surface area (Å²) in [5, 5.41) is 19.7. The van der Waals surface area contributed by atoms with Crippen LogP contribution in [0.15, 0.2) is 12.3 Å². The van der Waals surface area contributed by atoms with Gasteiger partial charge in [0.2, 0.25) is 5.91 Å². The number of carboxylic acids is 2. The molecule has 0 aliphatic heterocycles. The van der Waals surface area contributed by atoms with Crippen molar-refractivity contribution in [2.24, 2.45) is 0 Å². The monoisotopic (exact) mass is 224 g/mol. The SMILES string of the molecule is CC(=O)Nc1cnc(C(=O)O)c(C(=O)O)c1. The Labute approximate surface area is 89.7 Å². The Morgan fingerprint density at radius 2 is 1.88 bits per heavy atom. The number of hydrogen-bond acceptors (Lipinski definition) is 4. The zero-order valence-corrected chi connectivity index (χ0v) is 8.22. The molecule has 1 aromatic rings. The quantitative estimate of drug-likeness (QED) is 0.685. The smallest absolute Gasteiger partial charge is 0.355 e. The predicted octanol–water partition coefficient (Wildman–Crippen LogP) is 0.436. The fraction of sp³-hybridized carbons (Fsp3) is 0.111. The Morgan fingerprint density at radius 1 is 1.25 bits per heavy atom. The van der Waals surface area contributed by atoms with E-state index in [9.17, 15) is 14.4 Å². The maximum atomic E-state index is 10.7. The Balaban J connectivity index is 3.22. The zero-order chi connectivity index (χ0) is 12.3. The normalized spacial score (nSPS) is 9.56. The van der Waals surface area contributed by atoms with E-state index in [1.54, 1.807) is 0 Å². The van der Waals surface area contributed by atoms with Gasteiger partial charge in [-0.15, -0.1) is 0 Å². The van der Waals surface area contributed by atoms with Crippen LogP contribution in [0.3, 0.4) is 0 Å². The van der Waals surface area contributed by atoms with E-state index in [0.29, 0.717) is 0 Å². The van der Waals surface area contributed by atoms with Crippen LogP contribution in [-0.4, -0.2) is 33.0 Å². The van der Waals surface area contributed by atoms with Gasteiger partial charge in [-0.2, -0.15) is 0 Å². The van der Waals surface area contributed by atoms with Gasteiger partial charge in [-0.3, -0.25) is 4.79 Å². The van der Waals surface area contributed by atoms with Crippen LogP contribution < -0.4 is 5.32 Å². The molecule has 1 aromatic heterocycles. The van der Waals surface area contributed by atoms with Crippen molar-refractivity contribution in [3.63, 3.8) is 0 Å². The molecule has 0 radical (unpaired) electrons. The highest BCUT2D eigenvalue weighted by Crippen LogP contribution is 2.13. The van der Waals surface area contributed by atoms with Gasteiger partial charge in [-0.25, -0.2) is 14.6 Å². The van der Waals surface area contributed by atoms with Gasteiger partial charge in [0.25, 0.3) is 0 Å². The maximum absolute atomic E-state index is 10.7. The highest BCUT2D eigenvalue weighted by atomic mass is 16.4. The summed E-state index contributed by atoms with van der Waals surface area (Å²) in [6, 6.07) is 1.04. The Kier molecular flexibility index (Phi) is 3.19. The van der Waals surface area contributed by atoms with Gasteiger partial charge in [0.15, 0.2) is 5.69 Å². The van der Waals surface area contributed by atoms with Crippen LogP contribution in [0, 0.1) is 0 Å². The van der Waals surface area contributed by atoms with E-state index in [1.807, 2.05) is 0 Å². The van der Waals surface area contributed by atoms with E-state index >= 15 is 0 Å². The molecule has 0 aliphatic rings. The molecule has 7 nitrogen and oxygen atoms in total. The molecular weight excluding hydrogens is 216 g/mol. The molecule has 0 saturated carbocycles. The number of anilines is 1. The Bertz CT molecular complexity index is 469. The molecule has 3 N–H and O–H groups in total.